The molecule has 1 aromatic rings. The lowest BCUT2D eigenvalue weighted by atomic mass is 9.90. The van der Waals surface area contributed by atoms with Crippen molar-refractivity contribution in [2.24, 2.45) is 11.1 Å². The second-order valence-electron chi connectivity index (χ2n) is 5.21. The van der Waals surface area contributed by atoms with E-state index in [2.05, 4.69) is 19.2 Å². The molecule has 0 aliphatic carbocycles. The number of rotatable bonds is 7. The molecule has 96 valence electrons. The molecular weight excluding hydrogens is 215 g/mol. The maximum Gasteiger partial charge on any atom is 0.126 e. The van der Waals surface area contributed by atoms with Crippen LogP contribution in [0.2, 0.25) is 0 Å². The second kappa shape index (κ2) is 6.72. The number of hydrogen-bond donors (Lipinski definition) is 2. The first-order valence-electron chi connectivity index (χ1n) is 6.19. The van der Waals surface area contributed by atoms with Crippen LogP contribution in [0, 0.1) is 11.2 Å². The summed E-state index contributed by atoms with van der Waals surface area (Å²) >= 11 is 0. The van der Waals surface area contributed by atoms with Gasteiger partial charge < -0.3 is 11.1 Å². The molecule has 0 unspecified atom stereocenters. The van der Waals surface area contributed by atoms with Crippen LogP contribution in [0.1, 0.15) is 25.8 Å². The van der Waals surface area contributed by atoms with E-state index >= 15 is 0 Å². The van der Waals surface area contributed by atoms with Crippen LogP contribution < -0.4 is 11.1 Å². The van der Waals surface area contributed by atoms with Gasteiger partial charge in [0, 0.05) is 0 Å². The van der Waals surface area contributed by atoms with Crippen molar-refractivity contribution in [3.8, 4) is 0 Å². The Bertz CT molecular complexity index is 337. The van der Waals surface area contributed by atoms with Gasteiger partial charge >= 0.3 is 0 Å². The molecule has 0 saturated carbocycles. The second-order valence-corrected chi connectivity index (χ2v) is 5.21. The number of nitrogens with two attached hydrogens (primary N) is 1. The summed E-state index contributed by atoms with van der Waals surface area (Å²) in [6.07, 6.45) is 1.77. The van der Waals surface area contributed by atoms with Gasteiger partial charge in [0.2, 0.25) is 0 Å². The third-order valence-electron chi connectivity index (χ3n) is 3.06. The van der Waals surface area contributed by atoms with Gasteiger partial charge in [0.05, 0.1) is 0 Å². The number of halogens is 1. The van der Waals surface area contributed by atoms with Gasteiger partial charge in [-0.05, 0) is 49.5 Å². The van der Waals surface area contributed by atoms with Gasteiger partial charge in [-0.3, -0.25) is 0 Å². The summed E-state index contributed by atoms with van der Waals surface area (Å²) in [5, 5.41) is 3.33. The van der Waals surface area contributed by atoms with Crippen LogP contribution in [0.3, 0.4) is 0 Å². The summed E-state index contributed by atoms with van der Waals surface area (Å²) in [6.45, 7) is 6.75. The standard InChI is InChI=1S/C14H23FN2/c1-14(2,11-16)8-10-17-9-7-12-5-3-4-6-13(12)15/h3-6,17H,7-11,16H2,1-2H3. The minimum atomic E-state index is -0.114. The molecule has 0 saturated heterocycles. The Balaban J connectivity index is 2.19. The summed E-state index contributed by atoms with van der Waals surface area (Å²) in [6, 6.07) is 6.93. The zero-order valence-electron chi connectivity index (χ0n) is 10.8. The summed E-state index contributed by atoms with van der Waals surface area (Å²) in [5.41, 5.74) is 6.62. The van der Waals surface area contributed by atoms with Crippen LogP contribution >= 0.6 is 0 Å². The zero-order valence-corrected chi connectivity index (χ0v) is 10.8. The smallest absolute Gasteiger partial charge is 0.126 e. The monoisotopic (exact) mass is 238 g/mol. The van der Waals surface area contributed by atoms with E-state index in [9.17, 15) is 4.39 Å². The van der Waals surface area contributed by atoms with Crippen LogP contribution in [0.4, 0.5) is 4.39 Å². The average molecular weight is 238 g/mol. The first-order chi connectivity index (χ1) is 8.05. The molecule has 2 nitrogen and oxygen atoms in total. The fourth-order valence-electron chi connectivity index (χ4n) is 1.58. The van der Waals surface area contributed by atoms with Crippen LogP contribution in [0.25, 0.3) is 0 Å². The van der Waals surface area contributed by atoms with E-state index in [1.165, 1.54) is 6.07 Å². The van der Waals surface area contributed by atoms with Gasteiger partial charge in [-0.15, -0.1) is 0 Å². The van der Waals surface area contributed by atoms with Gasteiger partial charge in [-0.2, -0.15) is 0 Å². The maximum absolute atomic E-state index is 13.3. The van der Waals surface area contributed by atoms with E-state index in [4.69, 9.17) is 5.73 Å². The predicted octanol–water partition coefficient (Wildman–Crippen LogP) is 2.33. The summed E-state index contributed by atoms with van der Waals surface area (Å²) in [5.74, 6) is -0.114. The largest absolute Gasteiger partial charge is 0.330 e. The SMILES string of the molecule is CC(C)(CN)CCNCCc1ccccc1F. The van der Waals surface area contributed by atoms with Gasteiger partial charge in [0.1, 0.15) is 5.82 Å². The highest BCUT2D eigenvalue weighted by atomic mass is 19.1. The molecule has 0 spiro atoms. The zero-order chi connectivity index (χ0) is 12.7. The van der Waals surface area contributed by atoms with Gasteiger partial charge in [-0.1, -0.05) is 32.0 Å². The number of benzene rings is 1. The van der Waals surface area contributed by atoms with Crippen LogP contribution in [-0.4, -0.2) is 19.6 Å². The third-order valence-corrected chi connectivity index (χ3v) is 3.06. The molecule has 0 bridgehead atoms. The highest BCUT2D eigenvalue weighted by Crippen LogP contribution is 2.16. The van der Waals surface area contributed by atoms with Crippen molar-refractivity contribution >= 4 is 0 Å². The molecule has 0 atom stereocenters. The number of hydrogen-bond acceptors (Lipinski definition) is 2. The summed E-state index contributed by atoms with van der Waals surface area (Å²) in [4.78, 5) is 0. The Hall–Kier alpha value is -0.930. The molecular formula is C14H23FN2. The molecule has 0 aliphatic rings. The molecule has 0 aliphatic heterocycles. The average Bonchev–Trinajstić information content (AvgIpc) is 2.31. The fraction of sp³-hybridized carbons (Fsp3) is 0.571. The normalized spacial score (nSPS) is 11.8. The van der Waals surface area contributed by atoms with E-state index in [0.717, 1.165) is 31.5 Å². The maximum atomic E-state index is 13.3. The lowest BCUT2D eigenvalue weighted by molar-refractivity contribution is 0.340. The van der Waals surface area contributed by atoms with Crippen molar-refractivity contribution in [2.75, 3.05) is 19.6 Å². The summed E-state index contributed by atoms with van der Waals surface area (Å²) in [7, 11) is 0. The molecule has 0 amide bonds. The molecule has 3 heteroatoms. The molecule has 0 heterocycles. The highest BCUT2D eigenvalue weighted by molar-refractivity contribution is 5.17. The van der Waals surface area contributed by atoms with Crippen molar-refractivity contribution in [3.05, 3.63) is 35.6 Å². The highest BCUT2D eigenvalue weighted by Gasteiger charge is 2.14. The van der Waals surface area contributed by atoms with E-state index in [1.54, 1.807) is 6.07 Å². The lowest BCUT2D eigenvalue weighted by Gasteiger charge is -2.22. The minimum Gasteiger partial charge on any atom is -0.330 e. The number of nitrogens with one attached hydrogen (secondary N) is 1. The van der Waals surface area contributed by atoms with E-state index in [1.807, 2.05) is 12.1 Å². The van der Waals surface area contributed by atoms with E-state index in [-0.39, 0.29) is 11.2 Å². The molecule has 3 N–H and O–H groups in total. The van der Waals surface area contributed by atoms with Gasteiger partial charge in [0.15, 0.2) is 0 Å². The van der Waals surface area contributed by atoms with Crippen molar-refractivity contribution in [3.63, 3.8) is 0 Å². The minimum absolute atomic E-state index is 0.114. The Morgan fingerprint density at radius 1 is 1.24 bits per heavy atom. The van der Waals surface area contributed by atoms with Crippen molar-refractivity contribution < 1.29 is 4.39 Å². The Kier molecular flexibility index (Phi) is 5.59. The van der Waals surface area contributed by atoms with Gasteiger partial charge in [-0.25, -0.2) is 4.39 Å². The Labute approximate surface area is 103 Å². The molecule has 0 fully saturated rings. The Morgan fingerprint density at radius 2 is 1.94 bits per heavy atom. The Morgan fingerprint density at radius 3 is 2.59 bits per heavy atom. The lowest BCUT2D eigenvalue weighted by Crippen LogP contribution is -2.29. The van der Waals surface area contributed by atoms with Crippen LogP contribution in [0.15, 0.2) is 24.3 Å². The van der Waals surface area contributed by atoms with E-state index in [0.29, 0.717) is 6.54 Å². The van der Waals surface area contributed by atoms with Crippen LogP contribution in [-0.2, 0) is 6.42 Å². The van der Waals surface area contributed by atoms with Crippen LogP contribution in [0.5, 0.6) is 0 Å². The van der Waals surface area contributed by atoms with Crippen molar-refractivity contribution in [1.82, 2.24) is 5.32 Å². The van der Waals surface area contributed by atoms with E-state index < -0.39 is 0 Å². The first-order valence-corrected chi connectivity index (χ1v) is 6.19. The molecule has 0 radical (unpaired) electrons. The van der Waals surface area contributed by atoms with Crippen molar-refractivity contribution in [1.29, 1.82) is 0 Å². The molecule has 1 rings (SSSR count). The topological polar surface area (TPSA) is 38.0 Å². The van der Waals surface area contributed by atoms with Crippen molar-refractivity contribution in [2.45, 2.75) is 26.7 Å². The quantitative estimate of drug-likeness (QED) is 0.716. The molecule has 17 heavy (non-hydrogen) atoms. The molecule has 0 aromatic heterocycles. The summed E-state index contributed by atoms with van der Waals surface area (Å²) < 4.78 is 13.3. The third kappa shape index (κ3) is 5.29. The molecule has 1 aromatic carbocycles. The van der Waals surface area contributed by atoms with Gasteiger partial charge in [0.25, 0.3) is 0 Å². The first kappa shape index (κ1) is 14.1. The fourth-order valence-corrected chi connectivity index (χ4v) is 1.58. The predicted molar refractivity (Wildman–Crippen MR) is 70.4 cm³/mol.